The zero-order valence-corrected chi connectivity index (χ0v) is 12.9. The third-order valence-corrected chi connectivity index (χ3v) is 8.68. The summed E-state index contributed by atoms with van der Waals surface area (Å²) >= 11 is 3.71. The highest BCUT2D eigenvalue weighted by atomic mass is 32.2. The van der Waals surface area contributed by atoms with Crippen LogP contribution in [0.15, 0.2) is 0 Å². The fourth-order valence-electron chi connectivity index (χ4n) is 4.42. The highest BCUT2D eigenvalue weighted by Crippen LogP contribution is 2.62. The number of hydrogen-bond donors (Lipinski definition) is 3. The molecule has 0 amide bonds. The van der Waals surface area contributed by atoms with Crippen LogP contribution in [0.1, 0.15) is 38.5 Å². The number of hydrogen-bond acceptors (Lipinski definition) is 5. The molecule has 4 aliphatic rings. The third-order valence-electron chi connectivity index (χ3n) is 5.43. The molecule has 4 atom stereocenters. The fraction of sp³-hybridized carbons (Fsp3) is 1.00. The van der Waals surface area contributed by atoms with Gasteiger partial charge in [0.05, 0.1) is 16.3 Å². The van der Waals surface area contributed by atoms with Gasteiger partial charge in [0.1, 0.15) is 0 Å². The van der Waals surface area contributed by atoms with Gasteiger partial charge in [-0.05, 0) is 55.9 Å². The molecule has 1 heterocycles. The topological polar surface area (TPSA) is 60.7 Å². The number of thioether (sulfide) groups is 2. The summed E-state index contributed by atoms with van der Waals surface area (Å²) in [6.07, 6.45) is 4.89. The Hall–Kier alpha value is 0.580. The monoisotopic (exact) mass is 304 g/mol. The lowest BCUT2D eigenvalue weighted by molar-refractivity contribution is -0.215. The fourth-order valence-corrected chi connectivity index (χ4v) is 7.83. The molecule has 1 aliphatic heterocycles. The Labute approximate surface area is 123 Å². The second kappa shape index (κ2) is 5.41. The first-order valence-corrected chi connectivity index (χ1v) is 9.47. The van der Waals surface area contributed by atoms with E-state index in [0.29, 0.717) is 12.3 Å². The van der Waals surface area contributed by atoms with Gasteiger partial charge in [0, 0.05) is 12.0 Å². The molecule has 5 heteroatoms. The van der Waals surface area contributed by atoms with Gasteiger partial charge in [0.15, 0.2) is 0 Å². The molecule has 0 aromatic carbocycles. The van der Waals surface area contributed by atoms with Crippen molar-refractivity contribution in [1.29, 1.82) is 0 Å². The van der Waals surface area contributed by atoms with E-state index in [1.807, 2.05) is 23.5 Å². The quantitative estimate of drug-likeness (QED) is 0.743. The molecule has 1 unspecified atom stereocenters. The molecule has 3 aliphatic carbocycles. The largest absolute Gasteiger partial charge is 0.396 e. The minimum absolute atomic E-state index is 0.0616. The summed E-state index contributed by atoms with van der Waals surface area (Å²) in [6, 6.07) is 0. The molecular formula is C14H24O3S2. The molecule has 0 spiro atoms. The maximum atomic E-state index is 11.4. The van der Waals surface area contributed by atoms with Crippen LogP contribution in [-0.4, -0.2) is 49.7 Å². The summed E-state index contributed by atoms with van der Waals surface area (Å²) in [5.74, 6) is 2.68. The predicted octanol–water partition coefficient (Wildman–Crippen LogP) is 1.85. The van der Waals surface area contributed by atoms with E-state index in [-0.39, 0.29) is 11.2 Å². The molecule has 19 heavy (non-hydrogen) atoms. The minimum Gasteiger partial charge on any atom is -0.396 e. The van der Waals surface area contributed by atoms with Gasteiger partial charge in [-0.1, -0.05) is 0 Å². The van der Waals surface area contributed by atoms with Crippen molar-refractivity contribution in [1.82, 2.24) is 0 Å². The highest BCUT2D eigenvalue weighted by molar-refractivity contribution is 8.17. The molecule has 3 nitrogen and oxygen atoms in total. The van der Waals surface area contributed by atoms with Crippen molar-refractivity contribution in [3.05, 3.63) is 0 Å². The Morgan fingerprint density at radius 1 is 1.21 bits per heavy atom. The lowest BCUT2D eigenvalue weighted by atomic mass is 9.50. The zero-order valence-electron chi connectivity index (χ0n) is 11.3. The van der Waals surface area contributed by atoms with E-state index in [1.54, 1.807) is 0 Å². The molecule has 4 rings (SSSR count). The van der Waals surface area contributed by atoms with Gasteiger partial charge in [-0.2, -0.15) is 0 Å². The summed E-state index contributed by atoms with van der Waals surface area (Å²) in [5, 5.41) is 31.4. The van der Waals surface area contributed by atoms with Gasteiger partial charge >= 0.3 is 0 Å². The van der Waals surface area contributed by atoms with E-state index in [9.17, 15) is 15.3 Å². The Morgan fingerprint density at radius 3 is 2.58 bits per heavy atom. The van der Waals surface area contributed by atoms with Crippen LogP contribution in [0.25, 0.3) is 0 Å². The summed E-state index contributed by atoms with van der Waals surface area (Å²) in [7, 11) is 0. The van der Waals surface area contributed by atoms with Gasteiger partial charge < -0.3 is 15.3 Å². The lowest BCUT2D eigenvalue weighted by Gasteiger charge is -2.62. The van der Waals surface area contributed by atoms with Crippen LogP contribution in [0.5, 0.6) is 0 Å². The van der Waals surface area contributed by atoms with Gasteiger partial charge in [-0.25, -0.2) is 0 Å². The first-order chi connectivity index (χ1) is 9.12. The zero-order chi connectivity index (χ0) is 13.5. The first-order valence-electron chi connectivity index (χ1n) is 7.37. The van der Waals surface area contributed by atoms with Crippen LogP contribution in [0, 0.1) is 11.3 Å². The van der Waals surface area contributed by atoms with Gasteiger partial charge in [0.2, 0.25) is 0 Å². The lowest BCUT2D eigenvalue weighted by Crippen LogP contribution is -2.67. The van der Waals surface area contributed by atoms with E-state index < -0.39 is 17.1 Å². The van der Waals surface area contributed by atoms with Crippen LogP contribution in [0.2, 0.25) is 0 Å². The molecule has 3 saturated carbocycles. The Balaban J connectivity index is 1.92. The number of rotatable bonds is 3. The molecule has 0 aromatic heterocycles. The van der Waals surface area contributed by atoms with Crippen molar-refractivity contribution in [2.75, 3.05) is 18.1 Å². The van der Waals surface area contributed by atoms with E-state index in [0.717, 1.165) is 37.2 Å². The molecule has 3 N–H and O–H groups in total. The summed E-state index contributed by atoms with van der Waals surface area (Å²) < 4.78 is 0.172. The SMILES string of the molecule is OCC[C@@]12CCC(C[C@@H]1O)C[C@]2(O)C1SCCCS1. The van der Waals surface area contributed by atoms with Crippen LogP contribution in [-0.2, 0) is 0 Å². The van der Waals surface area contributed by atoms with Crippen molar-refractivity contribution in [3.63, 3.8) is 0 Å². The molecule has 0 aromatic rings. The van der Waals surface area contributed by atoms with Crippen molar-refractivity contribution < 1.29 is 15.3 Å². The van der Waals surface area contributed by atoms with Crippen molar-refractivity contribution in [3.8, 4) is 0 Å². The summed E-state index contributed by atoms with van der Waals surface area (Å²) in [6.45, 7) is 0.0616. The van der Waals surface area contributed by atoms with E-state index in [4.69, 9.17) is 0 Å². The van der Waals surface area contributed by atoms with E-state index >= 15 is 0 Å². The van der Waals surface area contributed by atoms with Crippen molar-refractivity contribution in [2.24, 2.45) is 11.3 Å². The number of aliphatic hydroxyl groups is 3. The summed E-state index contributed by atoms with van der Waals surface area (Å²) in [5.41, 5.74) is -1.27. The van der Waals surface area contributed by atoms with Crippen molar-refractivity contribution >= 4 is 23.5 Å². The maximum absolute atomic E-state index is 11.4. The molecule has 4 fully saturated rings. The number of aliphatic hydroxyl groups excluding tert-OH is 2. The van der Waals surface area contributed by atoms with Crippen LogP contribution in [0.3, 0.4) is 0 Å². The van der Waals surface area contributed by atoms with Crippen LogP contribution < -0.4 is 0 Å². The van der Waals surface area contributed by atoms with Crippen LogP contribution >= 0.6 is 23.5 Å². The Kier molecular flexibility index (Phi) is 4.13. The van der Waals surface area contributed by atoms with Crippen LogP contribution in [0.4, 0.5) is 0 Å². The predicted molar refractivity (Wildman–Crippen MR) is 80.4 cm³/mol. The smallest absolute Gasteiger partial charge is 0.0940 e. The standard InChI is InChI=1S/C14H24O3S2/c15-5-4-13-3-2-10(8-11(13)16)9-14(13,17)12-18-6-1-7-19-12/h10-12,15-17H,1-9H2/t10?,11-,13-,14-/m0/s1. The first kappa shape index (κ1) is 14.5. The van der Waals surface area contributed by atoms with Gasteiger partial charge in [0.25, 0.3) is 0 Å². The van der Waals surface area contributed by atoms with E-state index in [1.165, 1.54) is 6.42 Å². The third kappa shape index (κ3) is 2.16. The van der Waals surface area contributed by atoms with Crippen molar-refractivity contribution in [2.45, 2.75) is 54.8 Å². The Bertz CT molecular complexity index is 331. The molecule has 1 saturated heterocycles. The second-order valence-electron chi connectivity index (χ2n) is 6.34. The Morgan fingerprint density at radius 2 is 1.95 bits per heavy atom. The second-order valence-corrected chi connectivity index (χ2v) is 9.07. The molecule has 110 valence electrons. The molecule has 0 radical (unpaired) electrons. The summed E-state index contributed by atoms with van der Waals surface area (Å²) in [4.78, 5) is 0. The average molecular weight is 304 g/mol. The highest BCUT2D eigenvalue weighted by Gasteiger charge is 2.64. The normalized spacial score (nSPS) is 47.5. The molecule has 2 bridgehead atoms. The maximum Gasteiger partial charge on any atom is 0.0940 e. The molecular weight excluding hydrogens is 280 g/mol. The van der Waals surface area contributed by atoms with Gasteiger partial charge in [-0.3, -0.25) is 0 Å². The number of fused-ring (bicyclic) bond motifs is 3. The minimum atomic E-state index is -0.800. The average Bonchev–Trinajstić information content (AvgIpc) is 2.42. The van der Waals surface area contributed by atoms with Gasteiger partial charge in [-0.15, -0.1) is 23.5 Å². The van der Waals surface area contributed by atoms with E-state index in [2.05, 4.69) is 0 Å².